The summed E-state index contributed by atoms with van der Waals surface area (Å²) >= 11 is 0. The Morgan fingerprint density at radius 2 is 1.95 bits per heavy atom. The number of fused-ring (bicyclic) bond motifs is 1. The number of benzene rings is 2. The summed E-state index contributed by atoms with van der Waals surface area (Å²) in [5.74, 6) is 0.736. The van der Waals surface area contributed by atoms with Crippen LogP contribution in [0.2, 0.25) is 0 Å². The molecule has 3 aromatic rings. The molecule has 4 nitrogen and oxygen atoms in total. The van der Waals surface area contributed by atoms with Crippen LogP contribution in [0.25, 0.3) is 10.9 Å². The first-order valence-corrected chi connectivity index (χ1v) is 7.17. The van der Waals surface area contributed by atoms with Crippen LogP contribution < -0.4 is 10.1 Å². The van der Waals surface area contributed by atoms with E-state index in [0.717, 1.165) is 27.9 Å². The average Bonchev–Trinajstić information content (AvgIpc) is 2.92. The monoisotopic (exact) mass is 294 g/mol. The molecule has 2 N–H and O–H groups in total. The second-order valence-electron chi connectivity index (χ2n) is 5.26. The van der Waals surface area contributed by atoms with Gasteiger partial charge in [-0.15, -0.1) is 0 Å². The molecule has 1 heterocycles. The Balaban J connectivity index is 1.75. The maximum Gasteiger partial charge on any atom is 0.228 e. The van der Waals surface area contributed by atoms with Gasteiger partial charge in [0.15, 0.2) is 0 Å². The van der Waals surface area contributed by atoms with E-state index >= 15 is 0 Å². The summed E-state index contributed by atoms with van der Waals surface area (Å²) in [7, 11) is 1.62. The zero-order chi connectivity index (χ0) is 15.5. The van der Waals surface area contributed by atoms with Crippen molar-refractivity contribution in [2.45, 2.75) is 13.3 Å². The van der Waals surface area contributed by atoms with Crippen LogP contribution in [-0.2, 0) is 11.2 Å². The number of hydrogen-bond donors (Lipinski definition) is 2. The standard InChI is InChI=1S/C18H18N2O2/c1-12-4-3-5-16-18(12)13(11-19-16)10-17(21)20-14-6-8-15(22-2)9-7-14/h3-9,11,19H,10H2,1-2H3,(H,20,21). The number of carbonyl (C=O) groups is 1. The Bertz CT molecular complexity index is 804. The number of H-pyrrole nitrogens is 1. The summed E-state index contributed by atoms with van der Waals surface area (Å²) in [6.45, 7) is 2.06. The van der Waals surface area contributed by atoms with Gasteiger partial charge in [0.25, 0.3) is 0 Å². The normalized spacial score (nSPS) is 10.6. The predicted octanol–water partition coefficient (Wildman–Crippen LogP) is 3.67. The summed E-state index contributed by atoms with van der Waals surface area (Å²) in [5, 5.41) is 4.04. The Kier molecular flexibility index (Phi) is 3.83. The van der Waals surface area contributed by atoms with Crippen LogP contribution in [0.3, 0.4) is 0 Å². The van der Waals surface area contributed by atoms with Gasteiger partial charge in [-0.05, 0) is 48.4 Å². The highest BCUT2D eigenvalue weighted by molar-refractivity contribution is 5.96. The third-order valence-corrected chi connectivity index (χ3v) is 3.72. The first-order valence-electron chi connectivity index (χ1n) is 7.17. The molecule has 0 unspecified atom stereocenters. The van der Waals surface area contributed by atoms with E-state index in [1.165, 1.54) is 5.56 Å². The van der Waals surface area contributed by atoms with E-state index in [2.05, 4.69) is 23.3 Å². The number of ether oxygens (including phenoxy) is 1. The van der Waals surface area contributed by atoms with E-state index in [-0.39, 0.29) is 5.91 Å². The second kappa shape index (κ2) is 5.93. The van der Waals surface area contributed by atoms with Crippen molar-refractivity contribution >= 4 is 22.5 Å². The van der Waals surface area contributed by atoms with Crippen molar-refractivity contribution in [3.05, 3.63) is 59.8 Å². The molecule has 112 valence electrons. The molecule has 0 bridgehead atoms. The van der Waals surface area contributed by atoms with E-state index in [4.69, 9.17) is 4.74 Å². The molecule has 0 fully saturated rings. The maximum atomic E-state index is 12.2. The number of aromatic nitrogens is 1. The van der Waals surface area contributed by atoms with Crippen LogP contribution in [0.5, 0.6) is 5.75 Å². The van der Waals surface area contributed by atoms with Gasteiger partial charge in [-0.1, -0.05) is 12.1 Å². The molecular weight excluding hydrogens is 276 g/mol. The number of carbonyl (C=O) groups excluding carboxylic acids is 1. The first kappa shape index (κ1) is 14.2. The van der Waals surface area contributed by atoms with Crippen LogP contribution in [0.4, 0.5) is 5.69 Å². The van der Waals surface area contributed by atoms with Gasteiger partial charge in [-0.3, -0.25) is 4.79 Å². The first-order chi connectivity index (χ1) is 10.7. The average molecular weight is 294 g/mol. The third-order valence-electron chi connectivity index (χ3n) is 3.72. The number of aryl methyl sites for hydroxylation is 1. The second-order valence-corrected chi connectivity index (χ2v) is 5.26. The van der Waals surface area contributed by atoms with Gasteiger partial charge in [0.2, 0.25) is 5.91 Å². The zero-order valence-electron chi connectivity index (χ0n) is 12.6. The molecule has 0 radical (unpaired) electrons. The molecule has 4 heteroatoms. The van der Waals surface area contributed by atoms with Crippen molar-refractivity contribution in [3.8, 4) is 5.75 Å². The number of aromatic amines is 1. The number of rotatable bonds is 4. The van der Waals surface area contributed by atoms with Crippen LogP contribution >= 0.6 is 0 Å². The fraction of sp³-hybridized carbons (Fsp3) is 0.167. The van der Waals surface area contributed by atoms with Gasteiger partial charge >= 0.3 is 0 Å². The van der Waals surface area contributed by atoms with Crippen molar-refractivity contribution in [2.75, 3.05) is 12.4 Å². The highest BCUT2D eigenvalue weighted by Gasteiger charge is 2.10. The lowest BCUT2D eigenvalue weighted by molar-refractivity contribution is -0.115. The largest absolute Gasteiger partial charge is 0.497 e. The van der Waals surface area contributed by atoms with Gasteiger partial charge in [0.05, 0.1) is 13.5 Å². The number of methoxy groups -OCH3 is 1. The van der Waals surface area contributed by atoms with Gasteiger partial charge < -0.3 is 15.0 Å². The quantitative estimate of drug-likeness (QED) is 0.771. The molecule has 0 aliphatic heterocycles. The summed E-state index contributed by atoms with van der Waals surface area (Å²) < 4.78 is 5.10. The fourth-order valence-electron chi connectivity index (χ4n) is 2.64. The molecule has 3 rings (SSSR count). The highest BCUT2D eigenvalue weighted by atomic mass is 16.5. The van der Waals surface area contributed by atoms with Crippen LogP contribution in [0.15, 0.2) is 48.7 Å². The summed E-state index contributed by atoms with van der Waals surface area (Å²) in [6, 6.07) is 13.4. The Morgan fingerprint density at radius 1 is 1.18 bits per heavy atom. The predicted molar refractivity (Wildman–Crippen MR) is 88.4 cm³/mol. The minimum absolute atomic E-state index is 0.0330. The molecular formula is C18H18N2O2. The lowest BCUT2D eigenvalue weighted by atomic mass is 10.1. The van der Waals surface area contributed by atoms with E-state index in [0.29, 0.717) is 6.42 Å². The smallest absolute Gasteiger partial charge is 0.228 e. The molecule has 0 spiro atoms. The SMILES string of the molecule is COc1ccc(NC(=O)Cc2c[nH]c3cccc(C)c23)cc1. The molecule has 0 aliphatic rings. The van der Waals surface area contributed by atoms with Crippen molar-refractivity contribution in [2.24, 2.45) is 0 Å². The maximum absolute atomic E-state index is 12.2. The number of hydrogen-bond acceptors (Lipinski definition) is 2. The highest BCUT2D eigenvalue weighted by Crippen LogP contribution is 2.23. The Hall–Kier alpha value is -2.75. The van der Waals surface area contributed by atoms with Crippen molar-refractivity contribution in [1.29, 1.82) is 0 Å². The molecule has 0 saturated heterocycles. The van der Waals surface area contributed by atoms with Crippen LogP contribution in [0.1, 0.15) is 11.1 Å². The third kappa shape index (κ3) is 2.81. The summed E-state index contributed by atoms with van der Waals surface area (Å²) in [6.07, 6.45) is 2.25. The molecule has 1 aromatic heterocycles. The number of amides is 1. The van der Waals surface area contributed by atoms with Gasteiger partial charge in [-0.2, -0.15) is 0 Å². The number of nitrogens with one attached hydrogen (secondary N) is 2. The van der Waals surface area contributed by atoms with Crippen molar-refractivity contribution < 1.29 is 9.53 Å². The van der Waals surface area contributed by atoms with Crippen LogP contribution in [0, 0.1) is 6.92 Å². The van der Waals surface area contributed by atoms with Gasteiger partial charge in [0, 0.05) is 22.8 Å². The minimum atomic E-state index is -0.0330. The summed E-state index contributed by atoms with van der Waals surface area (Å²) in [5.41, 5.74) is 4.01. The van der Waals surface area contributed by atoms with E-state index in [1.54, 1.807) is 7.11 Å². The molecule has 0 saturated carbocycles. The molecule has 2 aromatic carbocycles. The van der Waals surface area contributed by atoms with Crippen molar-refractivity contribution in [1.82, 2.24) is 4.98 Å². The van der Waals surface area contributed by atoms with Crippen molar-refractivity contribution in [3.63, 3.8) is 0 Å². The minimum Gasteiger partial charge on any atom is -0.497 e. The lowest BCUT2D eigenvalue weighted by Crippen LogP contribution is -2.14. The van der Waals surface area contributed by atoms with Crippen LogP contribution in [-0.4, -0.2) is 18.0 Å². The van der Waals surface area contributed by atoms with Gasteiger partial charge in [-0.25, -0.2) is 0 Å². The molecule has 0 atom stereocenters. The van der Waals surface area contributed by atoms with E-state index < -0.39 is 0 Å². The summed E-state index contributed by atoms with van der Waals surface area (Å²) in [4.78, 5) is 15.4. The lowest BCUT2D eigenvalue weighted by Gasteiger charge is -2.06. The molecule has 1 amide bonds. The Morgan fingerprint density at radius 3 is 2.68 bits per heavy atom. The van der Waals surface area contributed by atoms with E-state index in [1.807, 2.05) is 42.6 Å². The van der Waals surface area contributed by atoms with Gasteiger partial charge in [0.1, 0.15) is 5.75 Å². The zero-order valence-corrected chi connectivity index (χ0v) is 12.6. The fourth-order valence-corrected chi connectivity index (χ4v) is 2.64. The number of anilines is 1. The molecule has 0 aliphatic carbocycles. The topological polar surface area (TPSA) is 54.1 Å². The Labute approximate surface area is 129 Å². The van der Waals surface area contributed by atoms with E-state index in [9.17, 15) is 4.79 Å². The molecule has 22 heavy (non-hydrogen) atoms.